The van der Waals surface area contributed by atoms with E-state index in [-0.39, 0.29) is 18.4 Å². The molecule has 2 rings (SSSR count). The summed E-state index contributed by atoms with van der Waals surface area (Å²) in [5.41, 5.74) is 1.65. The zero-order valence-electron chi connectivity index (χ0n) is 10.6. The zero-order valence-corrected chi connectivity index (χ0v) is 10.6. The molecule has 0 unspecified atom stereocenters. The van der Waals surface area contributed by atoms with Crippen molar-refractivity contribution in [2.75, 3.05) is 13.1 Å². The molecule has 1 aromatic carbocycles. The van der Waals surface area contributed by atoms with E-state index < -0.39 is 0 Å². The highest BCUT2D eigenvalue weighted by Gasteiger charge is 2.07. The largest absolute Gasteiger partial charge is 0.351 e. The first kappa shape index (κ1) is 13.1. The van der Waals surface area contributed by atoms with Gasteiger partial charge in [0.05, 0.1) is 6.54 Å². The molecule has 19 heavy (non-hydrogen) atoms. The van der Waals surface area contributed by atoms with E-state index in [9.17, 15) is 9.59 Å². The fourth-order valence-corrected chi connectivity index (χ4v) is 1.75. The van der Waals surface area contributed by atoms with E-state index in [0.29, 0.717) is 12.1 Å². The maximum atomic E-state index is 11.7. The number of carbonyl (C=O) groups is 2. The fraction of sp³-hybridized carbons (Fsp3) is 0.200. The van der Waals surface area contributed by atoms with E-state index in [1.54, 1.807) is 24.3 Å². The predicted octanol–water partition coefficient (Wildman–Crippen LogP) is 1.42. The average molecular weight is 256 g/mol. The van der Waals surface area contributed by atoms with Crippen molar-refractivity contribution in [3.8, 4) is 0 Å². The number of hydrogen-bond acceptors (Lipinski definition) is 2. The molecule has 2 N–H and O–H groups in total. The third kappa shape index (κ3) is 4.10. The molecule has 1 aromatic rings. The van der Waals surface area contributed by atoms with Gasteiger partial charge >= 0.3 is 0 Å². The minimum absolute atomic E-state index is 0.00920. The standard InChI is InChI=1S/C15H16N2O2/c18-14(16-10-12-6-4-5-7-12)11-17-15(19)13-8-2-1-3-9-13/h1-4,6-9H,5,10-11H2,(H,16,18)(H,17,19). The monoisotopic (exact) mass is 256 g/mol. The predicted molar refractivity (Wildman–Crippen MR) is 73.6 cm³/mol. The summed E-state index contributed by atoms with van der Waals surface area (Å²) >= 11 is 0. The molecule has 0 bridgehead atoms. The number of benzene rings is 1. The maximum Gasteiger partial charge on any atom is 0.251 e. The summed E-state index contributed by atoms with van der Waals surface area (Å²) in [6.45, 7) is 0.501. The molecule has 2 amide bonds. The summed E-state index contributed by atoms with van der Waals surface area (Å²) < 4.78 is 0. The van der Waals surface area contributed by atoms with Crippen molar-refractivity contribution in [1.82, 2.24) is 10.6 Å². The lowest BCUT2D eigenvalue weighted by atomic mass is 10.2. The van der Waals surface area contributed by atoms with Crippen LogP contribution in [-0.4, -0.2) is 24.9 Å². The number of rotatable bonds is 5. The van der Waals surface area contributed by atoms with Crippen LogP contribution in [0.3, 0.4) is 0 Å². The lowest BCUT2D eigenvalue weighted by molar-refractivity contribution is -0.119. The Morgan fingerprint density at radius 1 is 1.11 bits per heavy atom. The van der Waals surface area contributed by atoms with Crippen LogP contribution in [0.25, 0.3) is 0 Å². The molecule has 0 radical (unpaired) electrons. The van der Waals surface area contributed by atoms with Crippen LogP contribution in [0.15, 0.2) is 54.1 Å². The topological polar surface area (TPSA) is 58.2 Å². The summed E-state index contributed by atoms with van der Waals surface area (Å²) in [6.07, 6.45) is 7.01. The van der Waals surface area contributed by atoms with Gasteiger partial charge in [0.25, 0.3) is 5.91 Å². The molecule has 0 aromatic heterocycles. The van der Waals surface area contributed by atoms with Gasteiger partial charge in [-0.25, -0.2) is 0 Å². The lowest BCUT2D eigenvalue weighted by Crippen LogP contribution is -2.37. The van der Waals surface area contributed by atoms with Gasteiger partial charge < -0.3 is 10.6 Å². The molecule has 0 saturated carbocycles. The van der Waals surface area contributed by atoms with Crippen LogP contribution in [0.1, 0.15) is 16.8 Å². The Balaban J connectivity index is 1.71. The second-order valence-electron chi connectivity index (χ2n) is 4.24. The van der Waals surface area contributed by atoms with Crippen LogP contribution in [0, 0.1) is 0 Å². The SMILES string of the molecule is O=C(CNC(=O)c1ccccc1)NCC1=CCC=C1. The van der Waals surface area contributed by atoms with Crippen molar-refractivity contribution in [3.05, 3.63) is 59.7 Å². The number of amides is 2. The van der Waals surface area contributed by atoms with E-state index in [0.717, 1.165) is 12.0 Å². The van der Waals surface area contributed by atoms with E-state index >= 15 is 0 Å². The number of hydrogen-bond donors (Lipinski definition) is 2. The molecule has 4 nitrogen and oxygen atoms in total. The minimum Gasteiger partial charge on any atom is -0.351 e. The first-order valence-electron chi connectivity index (χ1n) is 6.21. The lowest BCUT2D eigenvalue weighted by Gasteiger charge is -2.06. The van der Waals surface area contributed by atoms with Gasteiger partial charge in [-0.1, -0.05) is 36.4 Å². The molecule has 0 spiro atoms. The number of nitrogens with one attached hydrogen (secondary N) is 2. The van der Waals surface area contributed by atoms with Crippen LogP contribution in [0.5, 0.6) is 0 Å². The van der Waals surface area contributed by atoms with Gasteiger partial charge in [-0.3, -0.25) is 9.59 Å². The van der Waals surface area contributed by atoms with Gasteiger partial charge in [0, 0.05) is 12.1 Å². The Morgan fingerprint density at radius 3 is 2.58 bits per heavy atom. The minimum atomic E-state index is -0.240. The van der Waals surface area contributed by atoms with E-state index in [1.165, 1.54) is 0 Å². The Hall–Kier alpha value is -2.36. The normalized spacial score (nSPS) is 12.9. The molecule has 98 valence electrons. The third-order valence-electron chi connectivity index (χ3n) is 2.78. The van der Waals surface area contributed by atoms with Crippen molar-refractivity contribution >= 4 is 11.8 Å². The molecule has 0 atom stereocenters. The second kappa shape index (κ2) is 6.54. The van der Waals surface area contributed by atoms with Gasteiger partial charge in [0.15, 0.2) is 0 Å². The Morgan fingerprint density at radius 2 is 1.89 bits per heavy atom. The highest BCUT2D eigenvalue weighted by atomic mass is 16.2. The van der Waals surface area contributed by atoms with Crippen LogP contribution < -0.4 is 10.6 Å². The highest BCUT2D eigenvalue weighted by Crippen LogP contribution is 2.06. The molecule has 4 heteroatoms. The van der Waals surface area contributed by atoms with Crippen LogP contribution >= 0.6 is 0 Å². The molecule has 0 saturated heterocycles. The van der Waals surface area contributed by atoms with Crippen molar-refractivity contribution < 1.29 is 9.59 Å². The van der Waals surface area contributed by atoms with Crippen LogP contribution in [0.4, 0.5) is 0 Å². The van der Waals surface area contributed by atoms with E-state index in [1.807, 2.05) is 18.2 Å². The second-order valence-corrected chi connectivity index (χ2v) is 4.24. The van der Waals surface area contributed by atoms with Gasteiger partial charge in [0.1, 0.15) is 0 Å². The quantitative estimate of drug-likeness (QED) is 0.837. The van der Waals surface area contributed by atoms with E-state index in [4.69, 9.17) is 0 Å². The molecule has 0 fully saturated rings. The van der Waals surface area contributed by atoms with Gasteiger partial charge in [-0.05, 0) is 24.1 Å². The highest BCUT2D eigenvalue weighted by molar-refractivity contribution is 5.96. The first-order chi connectivity index (χ1) is 9.25. The first-order valence-corrected chi connectivity index (χ1v) is 6.21. The molecular weight excluding hydrogens is 240 g/mol. The Labute approximate surface area is 112 Å². The Kier molecular flexibility index (Phi) is 4.50. The van der Waals surface area contributed by atoms with Crippen LogP contribution in [-0.2, 0) is 4.79 Å². The molecular formula is C15H16N2O2. The number of allylic oxidation sites excluding steroid dienone is 2. The number of carbonyl (C=O) groups excluding carboxylic acids is 2. The van der Waals surface area contributed by atoms with E-state index in [2.05, 4.69) is 16.7 Å². The zero-order chi connectivity index (χ0) is 13.5. The summed E-state index contributed by atoms with van der Waals surface area (Å²) in [7, 11) is 0. The molecule has 0 aliphatic heterocycles. The summed E-state index contributed by atoms with van der Waals surface area (Å²) in [5, 5.41) is 5.34. The molecule has 0 heterocycles. The van der Waals surface area contributed by atoms with Crippen molar-refractivity contribution in [2.24, 2.45) is 0 Å². The Bertz CT molecular complexity index is 518. The smallest absolute Gasteiger partial charge is 0.251 e. The summed E-state index contributed by atoms with van der Waals surface area (Å²) in [6, 6.07) is 8.83. The van der Waals surface area contributed by atoms with Crippen molar-refractivity contribution in [3.63, 3.8) is 0 Å². The molecule has 1 aliphatic carbocycles. The third-order valence-corrected chi connectivity index (χ3v) is 2.78. The summed E-state index contributed by atoms with van der Waals surface area (Å²) in [5.74, 6) is -0.429. The fourth-order valence-electron chi connectivity index (χ4n) is 1.75. The average Bonchev–Trinajstić information content (AvgIpc) is 2.96. The van der Waals surface area contributed by atoms with Gasteiger partial charge in [0.2, 0.25) is 5.91 Å². The van der Waals surface area contributed by atoms with Crippen molar-refractivity contribution in [2.45, 2.75) is 6.42 Å². The maximum absolute atomic E-state index is 11.7. The van der Waals surface area contributed by atoms with Gasteiger partial charge in [-0.2, -0.15) is 0 Å². The van der Waals surface area contributed by atoms with Crippen LogP contribution in [0.2, 0.25) is 0 Å². The van der Waals surface area contributed by atoms with Crippen molar-refractivity contribution in [1.29, 1.82) is 0 Å². The molecule has 1 aliphatic rings. The summed E-state index contributed by atoms with van der Waals surface area (Å²) in [4.78, 5) is 23.3. The van der Waals surface area contributed by atoms with Gasteiger partial charge in [-0.15, -0.1) is 0 Å².